The number of anilines is 1. The van der Waals surface area contributed by atoms with Crippen molar-refractivity contribution in [3.05, 3.63) is 41.5 Å². The van der Waals surface area contributed by atoms with Crippen LogP contribution in [0, 0.1) is 5.92 Å². The van der Waals surface area contributed by atoms with Gasteiger partial charge < -0.3 is 9.47 Å². The Morgan fingerprint density at radius 3 is 2.43 bits per heavy atom. The first-order chi connectivity index (χ1) is 14.4. The molecule has 0 radical (unpaired) electrons. The van der Waals surface area contributed by atoms with Gasteiger partial charge in [0.15, 0.2) is 0 Å². The van der Waals surface area contributed by atoms with E-state index in [1.165, 1.54) is 12.5 Å². The molecule has 2 unspecified atom stereocenters. The normalized spacial score (nSPS) is 23.4. The predicted octanol–water partition coefficient (Wildman–Crippen LogP) is 4.43. The zero-order valence-corrected chi connectivity index (χ0v) is 18.1. The van der Waals surface area contributed by atoms with Crippen molar-refractivity contribution in [3.8, 4) is 0 Å². The number of imide groups is 1. The van der Waals surface area contributed by atoms with Crippen LogP contribution in [0.1, 0.15) is 69.7 Å². The van der Waals surface area contributed by atoms with Gasteiger partial charge in [-0.3, -0.25) is 9.59 Å². The molecular formula is C24H31NO5. The van der Waals surface area contributed by atoms with E-state index >= 15 is 0 Å². The van der Waals surface area contributed by atoms with Crippen LogP contribution in [-0.4, -0.2) is 36.6 Å². The summed E-state index contributed by atoms with van der Waals surface area (Å²) in [4.78, 5) is 37.4. The predicted molar refractivity (Wildman–Crippen MR) is 114 cm³/mol. The Labute approximate surface area is 178 Å². The Kier molecular flexibility index (Phi) is 7.08. The summed E-state index contributed by atoms with van der Waals surface area (Å²) in [7, 11) is 0. The molecule has 0 aromatic heterocycles. The molecule has 3 rings (SSSR count). The first kappa shape index (κ1) is 22.2. The maximum Gasteiger partial charge on any atom is 0.338 e. The highest BCUT2D eigenvalue weighted by atomic mass is 16.5. The van der Waals surface area contributed by atoms with Crippen LogP contribution in [0.5, 0.6) is 0 Å². The molecule has 6 heteroatoms. The molecule has 1 aromatic carbocycles. The van der Waals surface area contributed by atoms with E-state index in [2.05, 4.69) is 13.8 Å². The SMILES string of the molecule is CCCC1COC1(CCC)CCCOC(=O)c1ccc(N2C(=O)C=C(C)C2=O)cc1. The second-order valence-corrected chi connectivity index (χ2v) is 8.20. The van der Waals surface area contributed by atoms with E-state index in [-0.39, 0.29) is 17.4 Å². The second-order valence-electron chi connectivity index (χ2n) is 8.20. The van der Waals surface area contributed by atoms with Crippen molar-refractivity contribution in [2.75, 3.05) is 18.1 Å². The molecule has 2 aliphatic rings. The monoisotopic (exact) mass is 413 g/mol. The Hall–Kier alpha value is -2.47. The van der Waals surface area contributed by atoms with E-state index in [1.807, 2.05) is 0 Å². The van der Waals surface area contributed by atoms with E-state index < -0.39 is 5.97 Å². The molecule has 0 spiro atoms. The first-order valence-electron chi connectivity index (χ1n) is 10.9. The Morgan fingerprint density at radius 2 is 1.90 bits per heavy atom. The van der Waals surface area contributed by atoms with Gasteiger partial charge >= 0.3 is 5.97 Å². The van der Waals surface area contributed by atoms with Gasteiger partial charge in [-0.2, -0.15) is 0 Å². The van der Waals surface area contributed by atoms with Crippen molar-refractivity contribution in [1.29, 1.82) is 0 Å². The summed E-state index contributed by atoms with van der Waals surface area (Å²) in [6.45, 7) is 7.18. The third kappa shape index (κ3) is 4.48. The summed E-state index contributed by atoms with van der Waals surface area (Å²) in [6, 6.07) is 6.34. The van der Waals surface area contributed by atoms with Crippen LogP contribution in [0.25, 0.3) is 0 Å². The highest BCUT2D eigenvalue weighted by Crippen LogP contribution is 2.43. The molecule has 2 aliphatic heterocycles. The lowest BCUT2D eigenvalue weighted by atomic mass is 9.74. The number of ether oxygens (including phenoxy) is 2. The van der Waals surface area contributed by atoms with Gasteiger partial charge in [0.25, 0.3) is 11.8 Å². The van der Waals surface area contributed by atoms with E-state index in [9.17, 15) is 14.4 Å². The molecule has 162 valence electrons. The Balaban J connectivity index is 1.50. The molecule has 0 saturated carbocycles. The average Bonchev–Trinajstić information content (AvgIpc) is 2.99. The van der Waals surface area contributed by atoms with E-state index in [0.29, 0.717) is 29.3 Å². The molecule has 1 aromatic rings. The van der Waals surface area contributed by atoms with Gasteiger partial charge in [-0.25, -0.2) is 9.69 Å². The minimum Gasteiger partial charge on any atom is -0.462 e. The van der Waals surface area contributed by atoms with Gasteiger partial charge in [0.1, 0.15) is 0 Å². The summed E-state index contributed by atoms with van der Waals surface area (Å²) in [5, 5.41) is 0. The lowest BCUT2D eigenvalue weighted by Gasteiger charge is -2.50. The number of hydrogen-bond acceptors (Lipinski definition) is 5. The van der Waals surface area contributed by atoms with Crippen LogP contribution in [0.4, 0.5) is 5.69 Å². The van der Waals surface area contributed by atoms with Crippen LogP contribution < -0.4 is 4.90 Å². The lowest BCUT2D eigenvalue weighted by molar-refractivity contribution is -0.215. The fraction of sp³-hybridized carbons (Fsp3) is 0.542. The fourth-order valence-corrected chi connectivity index (χ4v) is 4.43. The average molecular weight is 414 g/mol. The molecule has 30 heavy (non-hydrogen) atoms. The number of esters is 1. The van der Waals surface area contributed by atoms with E-state index in [0.717, 1.165) is 43.6 Å². The quantitative estimate of drug-likeness (QED) is 0.322. The van der Waals surface area contributed by atoms with E-state index in [4.69, 9.17) is 9.47 Å². The summed E-state index contributed by atoms with van der Waals surface area (Å²) in [6.07, 6.45) is 7.47. The van der Waals surface area contributed by atoms with Crippen LogP contribution in [0.15, 0.2) is 35.9 Å². The first-order valence-corrected chi connectivity index (χ1v) is 10.9. The van der Waals surface area contributed by atoms with Gasteiger partial charge in [-0.1, -0.05) is 26.7 Å². The standard InChI is InChI=1S/C24H31NO5/c1-4-7-19-16-30-24(19,12-5-2)13-6-14-29-23(28)18-8-10-20(11-9-18)25-21(26)15-17(3)22(25)27/h8-11,15,19H,4-7,12-14,16H2,1-3H3. The fourth-order valence-electron chi connectivity index (χ4n) is 4.43. The number of amides is 2. The summed E-state index contributed by atoms with van der Waals surface area (Å²) < 4.78 is 11.4. The molecule has 2 heterocycles. The van der Waals surface area contributed by atoms with Crippen LogP contribution in [0.2, 0.25) is 0 Å². The van der Waals surface area contributed by atoms with Crippen molar-refractivity contribution in [2.45, 2.75) is 64.9 Å². The van der Waals surface area contributed by atoms with Crippen molar-refractivity contribution in [1.82, 2.24) is 0 Å². The minimum absolute atomic E-state index is 0.0419. The molecule has 0 aliphatic carbocycles. The maximum atomic E-state index is 12.3. The lowest BCUT2D eigenvalue weighted by Crippen LogP contribution is -2.53. The van der Waals surface area contributed by atoms with Crippen molar-refractivity contribution >= 4 is 23.5 Å². The highest BCUT2D eigenvalue weighted by molar-refractivity contribution is 6.30. The smallest absolute Gasteiger partial charge is 0.338 e. The van der Waals surface area contributed by atoms with Crippen LogP contribution in [-0.2, 0) is 19.1 Å². The number of carbonyl (C=O) groups is 3. The van der Waals surface area contributed by atoms with Gasteiger partial charge in [0, 0.05) is 17.6 Å². The molecule has 1 saturated heterocycles. The molecule has 6 nitrogen and oxygen atoms in total. The molecule has 1 fully saturated rings. The van der Waals surface area contributed by atoms with Crippen molar-refractivity contribution in [2.24, 2.45) is 5.92 Å². The second kappa shape index (κ2) is 9.56. The molecular weight excluding hydrogens is 382 g/mol. The van der Waals surface area contributed by atoms with Gasteiger partial charge in [0.2, 0.25) is 0 Å². The largest absolute Gasteiger partial charge is 0.462 e. The summed E-state index contributed by atoms with van der Waals surface area (Å²) in [5.41, 5.74) is 1.20. The third-order valence-corrected chi connectivity index (χ3v) is 6.07. The Bertz CT molecular complexity index is 829. The van der Waals surface area contributed by atoms with Crippen molar-refractivity contribution < 1.29 is 23.9 Å². The number of carbonyl (C=O) groups excluding carboxylic acids is 3. The maximum absolute atomic E-state index is 12.3. The van der Waals surface area contributed by atoms with E-state index in [1.54, 1.807) is 31.2 Å². The molecule has 2 atom stereocenters. The molecule has 0 bridgehead atoms. The van der Waals surface area contributed by atoms with Gasteiger partial charge in [0.05, 0.1) is 30.1 Å². The molecule has 2 amide bonds. The Morgan fingerprint density at radius 1 is 1.17 bits per heavy atom. The summed E-state index contributed by atoms with van der Waals surface area (Å²) in [5.74, 6) is -0.497. The van der Waals surface area contributed by atoms with Gasteiger partial charge in [-0.05, 0) is 56.9 Å². The van der Waals surface area contributed by atoms with Gasteiger partial charge in [-0.15, -0.1) is 0 Å². The van der Waals surface area contributed by atoms with Crippen LogP contribution in [0.3, 0.4) is 0 Å². The molecule has 0 N–H and O–H groups in total. The third-order valence-electron chi connectivity index (χ3n) is 6.07. The topological polar surface area (TPSA) is 72.9 Å². The number of rotatable bonds is 10. The number of benzene rings is 1. The van der Waals surface area contributed by atoms with Crippen molar-refractivity contribution in [3.63, 3.8) is 0 Å². The highest BCUT2D eigenvalue weighted by Gasteiger charge is 2.46. The number of nitrogens with zero attached hydrogens (tertiary/aromatic N) is 1. The summed E-state index contributed by atoms with van der Waals surface area (Å²) >= 11 is 0. The number of hydrogen-bond donors (Lipinski definition) is 0. The zero-order valence-electron chi connectivity index (χ0n) is 18.1. The zero-order chi connectivity index (χ0) is 21.7. The minimum atomic E-state index is -0.404. The van der Waals surface area contributed by atoms with Crippen LogP contribution >= 0.6 is 0 Å².